The maximum atomic E-state index is 12.8. The molecule has 1 spiro atoms. The number of amides is 1. The van der Waals surface area contributed by atoms with Crippen LogP contribution in [0.15, 0.2) is 42.6 Å². The van der Waals surface area contributed by atoms with Crippen molar-refractivity contribution < 1.29 is 55.7 Å². The summed E-state index contributed by atoms with van der Waals surface area (Å²) in [4.78, 5) is 39.1. The van der Waals surface area contributed by atoms with E-state index in [1.54, 1.807) is 18.3 Å². The normalized spacial score (nSPS) is 16.6. The molecule has 16 heteroatoms. The van der Waals surface area contributed by atoms with Crippen molar-refractivity contribution in [1.29, 1.82) is 0 Å². The molecule has 0 unspecified atom stereocenters. The van der Waals surface area contributed by atoms with E-state index in [4.69, 9.17) is 36.1 Å². The van der Waals surface area contributed by atoms with Crippen molar-refractivity contribution in [3.05, 3.63) is 58.9 Å². The maximum absolute atomic E-state index is 12.8. The van der Waals surface area contributed by atoms with E-state index >= 15 is 0 Å². The summed E-state index contributed by atoms with van der Waals surface area (Å²) in [5, 5.41) is 14.6. The van der Waals surface area contributed by atoms with Crippen molar-refractivity contribution in [2.45, 2.75) is 51.5 Å². The highest BCUT2D eigenvalue weighted by Crippen LogP contribution is 2.42. The summed E-state index contributed by atoms with van der Waals surface area (Å²) in [5.74, 6) is -4.44. The lowest BCUT2D eigenvalue weighted by Crippen LogP contribution is -2.48. The number of halogens is 7. The van der Waals surface area contributed by atoms with Crippen molar-refractivity contribution in [1.82, 2.24) is 14.8 Å². The van der Waals surface area contributed by atoms with E-state index in [1.165, 1.54) is 18.4 Å². The van der Waals surface area contributed by atoms with E-state index in [0.717, 1.165) is 51.3 Å². The molecule has 2 aliphatic rings. The van der Waals surface area contributed by atoms with Crippen LogP contribution < -0.4 is 4.74 Å². The molecule has 2 saturated heterocycles. The fraction of sp³-hybridized carbons (Fsp3) is 0.500. The lowest BCUT2D eigenvalue weighted by Gasteiger charge is -2.47. The smallest absolute Gasteiger partial charge is 0.490 e. The van der Waals surface area contributed by atoms with Crippen molar-refractivity contribution in [3.8, 4) is 5.75 Å². The van der Waals surface area contributed by atoms with Crippen LogP contribution in [0, 0.1) is 5.41 Å². The van der Waals surface area contributed by atoms with Gasteiger partial charge in [-0.25, -0.2) is 14.6 Å². The third kappa shape index (κ3) is 11.5. The Morgan fingerprint density at radius 3 is 1.89 bits per heavy atom. The number of carboxylic acids is 2. The number of piperidine rings is 2. The van der Waals surface area contributed by atoms with Gasteiger partial charge >= 0.3 is 24.3 Å². The fourth-order valence-corrected chi connectivity index (χ4v) is 4.93. The van der Waals surface area contributed by atoms with E-state index in [2.05, 4.69) is 28.1 Å². The standard InChI is InChI=1S/C24H30ClN3O2.2C2HF3O2/c1-2-30-21-6-4-3-5-20(21)18-27-13-8-24(9-14-27)10-15-28(16-11-24)23(29)19-7-12-26-22(25)17-19;2*3-2(4,5)1(6)7/h3-7,12,17H,2,8-11,13-16,18H2,1H3;2*(H,6,7). The van der Waals surface area contributed by atoms with Crippen LogP contribution in [-0.4, -0.2) is 88.0 Å². The Bertz CT molecular complexity index is 1230. The van der Waals surface area contributed by atoms with Crippen molar-refractivity contribution in [3.63, 3.8) is 0 Å². The van der Waals surface area contributed by atoms with Crippen molar-refractivity contribution >= 4 is 29.4 Å². The average molecular weight is 656 g/mol. The van der Waals surface area contributed by atoms with Crippen molar-refractivity contribution in [2.24, 2.45) is 5.41 Å². The van der Waals surface area contributed by atoms with E-state index in [0.29, 0.717) is 22.7 Å². The molecular weight excluding hydrogens is 624 g/mol. The van der Waals surface area contributed by atoms with E-state index < -0.39 is 24.3 Å². The van der Waals surface area contributed by atoms with Crippen LogP contribution in [0.3, 0.4) is 0 Å². The SMILES string of the molecule is CCOc1ccccc1CN1CCC2(CC1)CCN(C(=O)c1ccnc(Cl)c1)CC2.O=C(O)C(F)(F)F.O=C(O)C(F)(F)F. The van der Waals surface area contributed by atoms with Crippen molar-refractivity contribution in [2.75, 3.05) is 32.8 Å². The summed E-state index contributed by atoms with van der Waals surface area (Å²) in [5.41, 5.74) is 2.28. The van der Waals surface area contributed by atoms with Gasteiger partial charge in [0.25, 0.3) is 5.91 Å². The molecule has 244 valence electrons. The molecule has 9 nitrogen and oxygen atoms in total. The van der Waals surface area contributed by atoms with Crippen LogP contribution in [0.2, 0.25) is 5.15 Å². The van der Waals surface area contributed by atoms with Gasteiger partial charge in [0.1, 0.15) is 10.9 Å². The topological polar surface area (TPSA) is 120 Å². The van der Waals surface area contributed by atoms with Gasteiger partial charge in [0.15, 0.2) is 0 Å². The fourth-order valence-electron chi connectivity index (χ4n) is 4.76. The Kier molecular flexibility index (Phi) is 13.3. The van der Waals surface area contributed by atoms with Crippen LogP contribution in [0.5, 0.6) is 5.75 Å². The number of carbonyl (C=O) groups is 3. The molecule has 3 heterocycles. The summed E-state index contributed by atoms with van der Waals surface area (Å²) in [6, 6.07) is 11.8. The Morgan fingerprint density at radius 2 is 1.41 bits per heavy atom. The summed E-state index contributed by atoms with van der Waals surface area (Å²) in [6.45, 7) is 7.53. The van der Waals surface area contributed by atoms with Gasteiger partial charge in [-0.05, 0) is 69.3 Å². The molecule has 2 fully saturated rings. The minimum Gasteiger partial charge on any atom is -0.494 e. The lowest BCUT2D eigenvalue weighted by atomic mass is 9.71. The third-order valence-corrected chi connectivity index (χ3v) is 7.36. The van der Waals surface area contributed by atoms with Crippen LogP contribution >= 0.6 is 11.6 Å². The number of carbonyl (C=O) groups excluding carboxylic acids is 1. The number of rotatable bonds is 5. The van der Waals surface area contributed by atoms with E-state index in [1.807, 2.05) is 17.9 Å². The first-order chi connectivity index (χ1) is 20.5. The van der Waals surface area contributed by atoms with Gasteiger partial charge in [0.05, 0.1) is 6.61 Å². The molecule has 4 rings (SSSR count). The van der Waals surface area contributed by atoms with Gasteiger partial charge < -0.3 is 19.8 Å². The third-order valence-electron chi connectivity index (χ3n) is 7.15. The second-order valence-corrected chi connectivity index (χ2v) is 10.5. The predicted molar refractivity (Wildman–Crippen MR) is 146 cm³/mol. The Balaban J connectivity index is 0.000000402. The Morgan fingerprint density at radius 1 is 0.909 bits per heavy atom. The Hall–Kier alpha value is -3.59. The molecule has 0 saturated carbocycles. The molecule has 2 aromatic rings. The second kappa shape index (κ2) is 15.9. The monoisotopic (exact) mass is 655 g/mol. The summed E-state index contributed by atoms with van der Waals surface area (Å²) >= 11 is 5.95. The van der Waals surface area contributed by atoms with Gasteiger partial charge in [-0.15, -0.1) is 0 Å². The molecule has 1 aromatic carbocycles. The highest BCUT2D eigenvalue weighted by atomic mass is 35.5. The lowest BCUT2D eigenvalue weighted by molar-refractivity contribution is -0.193. The number of alkyl halides is 6. The number of para-hydroxylation sites is 1. The summed E-state index contributed by atoms with van der Waals surface area (Å²) < 4.78 is 69.3. The minimum atomic E-state index is -5.08. The number of benzene rings is 1. The molecule has 0 aliphatic carbocycles. The number of ether oxygens (including phenoxy) is 1. The number of aliphatic carboxylic acids is 2. The number of pyridine rings is 1. The second-order valence-electron chi connectivity index (χ2n) is 10.1. The zero-order chi connectivity index (χ0) is 33.1. The molecule has 1 amide bonds. The number of likely N-dealkylation sites (tertiary alicyclic amines) is 2. The van der Waals surface area contributed by atoms with Gasteiger partial charge in [-0.2, -0.15) is 26.3 Å². The first kappa shape index (κ1) is 36.6. The molecule has 0 atom stereocenters. The molecular formula is C28H32ClF6N3O6. The molecule has 2 aliphatic heterocycles. The molecule has 1 aromatic heterocycles. The van der Waals surface area contributed by atoms with E-state index in [9.17, 15) is 31.1 Å². The minimum absolute atomic E-state index is 0.0686. The first-order valence-corrected chi connectivity index (χ1v) is 13.8. The number of hydrogen-bond donors (Lipinski definition) is 2. The number of aromatic nitrogens is 1. The number of nitrogens with zero attached hydrogens (tertiary/aromatic N) is 3. The van der Waals surface area contributed by atoms with Crippen LogP contribution in [-0.2, 0) is 16.1 Å². The Labute approximate surface area is 254 Å². The zero-order valence-electron chi connectivity index (χ0n) is 23.6. The largest absolute Gasteiger partial charge is 0.494 e. The van der Waals surface area contributed by atoms with Gasteiger partial charge in [0, 0.05) is 37.0 Å². The highest BCUT2D eigenvalue weighted by Gasteiger charge is 2.40. The van der Waals surface area contributed by atoms with Crippen LogP contribution in [0.4, 0.5) is 26.3 Å². The number of hydrogen-bond acceptors (Lipinski definition) is 6. The number of carboxylic acid groups (broad SMARTS) is 2. The molecule has 0 radical (unpaired) electrons. The van der Waals surface area contributed by atoms with Gasteiger partial charge in [-0.1, -0.05) is 29.8 Å². The summed E-state index contributed by atoms with van der Waals surface area (Å²) in [7, 11) is 0. The van der Waals surface area contributed by atoms with Crippen LogP contribution in [0.1, 0.15) is 48.5 Å². The molecule has 0 bridgehead atoms. The predicted octanol–water partition coefficient (Wildman–Crippen LogP) is 5.92. The molecule has 2 N–H and O–H groups in total. The molecule has 44 heavy (non-hydrogen) atoms. The highest BCUT2D eigenvalue weighted by molar-refractivity contribution is 6.29. The first-order valence-electron chi connectivity index (χ1n) is 13.4. The zero-order valence-corrected chi connectivity index (χ0v) is 24.4. The average Bonchev–Trinajstić information content (AvgIpc) is 2.95. The summed E-state index contributed by atoms with van der Waals surface area (Å²) in [6.07, 6.45) is -4.00. The van der Waals surface area contributed by atoms with E-state index in [-0.39, 0.29) is 5.91 Å². The van der Waals surface area contributed by atoms with Crippen LogP contribution in [0.25, 0.3) is 0 Å². The maximum Gasteiger partial charge on any atom is 0.490 e. The van der Waals surface area contributed by atoms with Gasteiger partial charge in [-0.3, -0.25) is 9.69 Å². The quantitative estimate of drug-likeness (QED) is 0.301. The van der Waals surface area contributed by atoms with Gasteiger partial charge in [0.2, 0.25) is 0 Å².